The highest BCUT2D eigenvalue weighted by molar-refractivity contribution is 7.86. The van der Waals surface area contributed by atoms with Crippen molar-refractivity contribution in [2.24, 2.45) is 0 Å². The Labute approximate surface area is 141 Å². The molecule has 4 rings (SSSR count). The van der Waals surface area contributed by atoms with Gasteiger partial charge in [-0.1, -0.05) is 30.3 Å². The highest BCUT2D eigenvalue weighted by atomic mass is 32.2. The van der Waals surface area contributed by atoms with Gasteiger partial charge in [-0.15, -0.1) is 11.3 Å². The fourth-order valence-corrected chi connectivity index (χ4v) is 6.36. The Hall–Kier alpha value is -1.21. The van der Waals surface area contributed by atoms with Gasteiger partial charge in [-0.3, -0.25) is 0 Å². The van der Waals surface area contributed by atoms with Gasteiger partial charge in [0, 0.05) is 24.5 Å². The summed E-state index contributed by atoms with van der Waals surface area (Å²) in [7, 11) is -3.41. The monoisotopic (exact) mass is 348 g/mol. The van der Waals surface area contributed by atoms with Gasteiger partial charge >= 0.3 is 0 Å². The summed E-state index contributed by atoms with van der Waals surface area (Å²) in [6.07, 6.45) is 2.66. The van der Waals surface area contributed by atoms with Crippen LogP contribution in [0.2, 0.25) is 0 Å². The lowest BCUT2D eigenvalue weighted by Gasteiger charge is -2.33. The van der Waals surface area contributed by atoms with E-state index < -0.39 is 10.2 Å². The largest absolute Gasteiger partial charge is 0.282 e. The minimum absolute atomic E-state index is 0.0113. The molecule has 2 aromatic rings. The van der Waals surface area contributed by atoms with Crippen LogP contribution in [0.15, 0.2) is 41.8 Å². The number of hydrogen-bond donors (Lipinski definition) is 0. The zero-order chi connectivity index (χ0) is 15.9. The summed E-state index contributed by atoms with van der Waals surface area (Å²) in [6.45, 7) is 1.70. The lowest BCUT2D eigenvalue weighted by molar-refractivity contribution is 0.318. The van der Waals surface area contributed by atoms with Crippen LogP contribution in [-0.4, -0.2) is 30.1 Å². The van der Waals surface area contributed by atoms with E-state index in [-0.39, 0.29) is 6.04 Å². The number of fused-ring (bicyclic) bond motifs is 1. The molecular formula is C17H20N2O2S2. The Morgan fingerprint density at radius 2 is 1.87 bits per heavy atom. The Morgan fingerprint density at radius 1 is 1.04 bits per heavy atom. The summed E-state index contributed by atoms with van der Waals surface area (Å²) in [6, 6.07) is 12.2. The Bertz CT molecular complexity index is 787. The quantitative estimate of drug-likeness (QED) is 0.855. The predicted octanol–water partition coefficient (Wildman–Crippen LogP) is 3.19. The van der Waals surface area contributed by atoms with Crippen molar-refractivity contribution >= 4 is 21.5 Å². The Balaban J connectivity index is 1.61. The van der Waals surface area contributed by atoms with Gasteiger partial charge in [-0.25, -0.2) is 0 Å². The zero-order valence-corrected chi connectivity index (χ0v) is 14.5. The minimum atomic E-state index is -3.41. The molecule has 23 heavy (non-hydrogen) atoms. The third-order valence-electron chi connectivity index (χ3n) is 4.79. The van der Waals surface area contributed by atoms with E-state index in [0.29, 0.717) is 19.6 Å². The third-order valence-corrected chi connectivity index (χ3v) is 7.76. The van der Waals surface area contributed by atoms with E-state index >= 15 is 0 Å². The van der Waals surface area contributed by atoms with Crippen LogP contribution in [0.1, 0.15) is 34.9 Å². The van der Waals surface area contributed by atoms with Gasteiger partial charge in [0.2, 0.25) is 0 Å². The standard InChI is InChI=1S/C17H20N2O2S2/c20-23(21,18-11-9-14-5-1-2-6-15(14)13-18)19-10-3-7-16(19)17-8-4-12-22-17/h1-2,4-6,8,12,16H,3,7,9-11,13H2/t16-/m1/s1. The van der Waals surface area contributed by atoms with Crippen LogP contribution in [0.25, 0.3) is 0 Å². The summed E-state index contributed by atoms with van der Waals surface area (Å²) in [4.78, 5) is 1.16. The van der Waals surface area contributed by atoms with Crippen LogP contribution >= 0.6 is 11.3 Å². The highest BCUT2D eigenvalue weighted by Gasteiger charge is 2.40. The van der Waals surface area contributed by atoms with E-state index in [1.807, 2.05) is 29.6 Å². The molecule has 4 nitrogen and oxygen atoms in total. The van der Waals surface area contributed by atoms with Crippen molar-refractivity contribution in [1.82, 2.24) is 8.61 Å². The number of benzene rings is 1. The first-order valence-electron chi connectivity index (χ1n) is 8.03. The van der Waals surface area contributed by atoms with Gasteiger partial charge in [0.1, 0.15) is 0 Å². The summed E-state index contributed by atoms with van der Waals surface area (Å²) in [5, 5.41) is 2.02. The molecule has 0 N–H and O–H groups in total. The zero-order valence-electron chi connectivity index (χ0n) is 12.9. The summed E-state index contributed by atoms with van der Waals surface area (Å²) >= 11 is 1.65. The number of rotatable bonds is 3. The summed E-state index contributed by atoms with van der Waals surface area (Å²) < 4.78 is 29.7. The molecule has 1 saturated heterocycles. The van der Waals surface area contributed by atoms with E-state index in [4.69, 9.17) is 0 Å². The molecule has 1 aromatic heterocycles. The second kappa shape index (κ2) is 6.02. The van der Waals surface area contributed by atoms with Crippen molar-refractivity contribution in [3.8, 4) is 0 Å². The Kier molecular flexibility index (Phi) is 4.01. The van der Waals surface area contributed by atoms with Gasteiger partial charge in [0.25, 0.3) is 10.2 Å². The number of thiophene rings is 1. The van der Waals surface area contributed by atoms with Crippen LogP contribution in [0.3, 0.4) is 0 Å². The molecule has 0 unspecified atom stereocenters. The second-order valence-corrected chi connectivity index (χ2v) is 9.00. The third kappa shape index (κ3) is 2.74. The van der Waals surface area contributed by atoms with Crippen molar-refractivity contribution in [3.05, 3.63) is 57.8 Å². The smallest absolute Gasteiger partial charge is 0.195 e. The fraction of sp³-hybridized carbons (Fsp3) is 0.412. The molecule has 122 valence electrons. The summed E-state index contributed by atoms with van der Waals surface area (Å²) in [5.41, 5.74) is 2.41. The molecule has 0 amide bonds. The van der Waals surface area contributed by atoms with Crippen LogP contribution in [0, 0.1) is 0 Å². The number of hydrogen-bond acceptors (Lipinski definition) is 3. The van der Waals surface area contributed by atoms with E-state index in [9.17, 15) is 8.42 Å². The SMILES string of the molecule is O=S(=O)(N1CCc2ccccc2C1)N1CCC[C@@H]1c1cccs1. The molecule has 6 heteroatoms. The normalized spacial score (nSPS) is 23.0. The van der Waals surface area contributed by atoms with Crippen LogP contribution in [-0.2, 0) is 23.2 Å². The molecule has 0 aliphatic carbocycles. The first-order chi connectivity index (χ1) is 11.2. The molecular weight excluding hydrogens is 328 g/mol. The van der Waals surface area contributed by atoms with Crippen LogP contribution in [0.5, 0.6) is 0 Å². The molecule has 2 aliphatic heterocycles. The fourth-order valence-electron chi connectivity index (χ4n) is 3.60. The molecule has 2 aliphatic rings. The van der Waals surface area contributed by atoms with Crippen LogP contribution < -0.4 is 0 Å². The predicted molar refractivity (Wildman–Crippen MR) is 92.5 cm³/mol. The highest BCUT2D eigenvalue weighted by Crippen LogP contribution is 2.38. The molecule has 1 aromatic carbocycles. The van der Waals surface area contributed by atoms with Crippen molar-refractivity contribution in [3.63, 3.8) is 0 Å². The summed E-state index contributed by atoms with van der Waals surface area (Å²) in [5.74, 6) is 0. The van der Waals surface area contributed by atoms with Gasteiger partial charge in [0.05, 0.1) is 6.04 Å². The van der Waals surface area contributed by atoms with Crippen LogP contribution in [0.4, 0.5) is 0 Å². The lowest BCUT2D eigenvalue weighted by atomic mass is 10.0. The van der Waals surface area contributed by atoms with E-state index in [0.717, 1.165) is 29.7 Å². The van der Waals surface area contributed by atoms with Crippen molar-refractivity contribution in [2.75, 3.05) is 13.1 Å². The second-order valence-electron chi connectivity index (χ2n) is 6.14. The maximum Gasteiger partial charge on any atom is 0.282 e. The topological polar surface area (TPSA) is 40.6 Å². The minimum Gasteiger partial charge on any atom is -0.195 e. The van der Waals surface area contributed by atoms with Gasteiger partial charge in [0.15, 0.2) is 0 Å². The van der Waals surface area contributed by atoms with Gasteiger partial charge in [-0.05, 0) is 41.8 Å². The van der Waals surface area contributed by atoms with Crippen molar-refractivity contribution in [2.45, 2.75) is 31.8 Å². The maximum atomic E-state index is 13.2. The van der Waals surface area contributed by atoms with Gasteiger partial charge in [-0.2, -0.15) is 17.0 Å². The molecule has 0 spiro atoms. The Morgan fingerprint density at radius 3 is 2.65 bits per heavy atom. The van der Waals surface area contributed by atoms with Crippen molar-refractivity contribution < 1.29 is 8.42 Å². The lowest BCUT2D eigenvalue weighted by Crippen LogP contribution is -2.45. The molecule has 0 bridgehead atoms. The van der Waals surface area contributed by atoms with Gasteiger partial charge < -0.3 is 0 Å². The first-order valence-corrected chi connectivity index (χ1v) is 10.3. The van der Waals surface area contributed by atoms with E-state index in [1.54, 1.807) is 19.9 Å². The average molecular weight is 348 g/mol. The number of nitrogens with zero attached hydrogens (tertiary/aromatic N) is 2. The molecule has 0 saturated carbocycles. The first kappa shape index (κ1) is 15.3. The maximum absolute atomic E-state index is 13.2. The van der Waals surface area contributed by atoms with E-state index in [2.05, 4.69) is 12.1 Å². The molecule has 0 radical (unpaired) electrons. The molecule has 1 atom stereocenters. The molecule has 1 fully saturated rings. The molecule has 3 heterocycles. The van der Waals surface area contributed by atoms with E-state index in [1.165, 1.54) is 5.56 Å². The average Bonchev–Trinajstić information content (AvgIpc) is 3.25. The van der Waals surface area contributed by atoms with Crippen molar-refractivity contribution in [1.29, 1.82) is 0 Å².